The highest BCUT2D eigenvalue weighted by molar-refractivity contribution is 7.93. The minimum Gasteiger partial charge on any atom is -0.477 e. The Hall–Kier alpha value is -3.67. The van der Waals surface area contributed by atoms with Gasteiger partial charge in [0, 0.05) is 6.20 Å². The molecule has 0 saturated heterocycles. The van der Waals surface area contributed by atoms with E-state index in [9.17, 15) is 13.2 Å². The van der Waals surface area contributed by atoms with E-state index in [-0.39, 0.29) is 23.6 Å². The number of pyridine rings is 1. The molecule has 1 aliphatic rings. The van der Waals surface area contributed by atoms with Crippen molar-refractivity contribution in [3.05, 3.63) is 60.1 Å². The molecule has 36 heavy (non-hydrogen) atoms. The van der Waals surface area contributed by atoms with Crippen LogP contribution >= 0.6 is 0 Å². The number of halogens is 1. The molecule has 0 aliphatic heterocycles. The summed E-state index contributed by atoms with van der Waals surface area (Å²) >= 11 is 0. The maximum Gasteiger partial charge on any atom is 0.269 e. The van der Waals surface area contributed by atoms with Crippen LogP contribution in [0.4, 0.5) is 10.1 Å². The van der Waals surface area contributed by atoms with Gasteiger partial charge >= 0.3 is 0 Å². The number of allylic oxidation sites excluding steroid dienone is 3. The SMILES string of the molecule is C=N/C(=C\C=C(/C)c1cncc(OCC)n1)NC(=O)[C@](F)(CC)c1cc(NS(=O)(=O)C2CC2)ccn1. The molecule has 3 rings (SSSR count). The summed E-state index contributed by atoms with van der Waals surface area (Å²) in [6.45, 7) is 8.99. The zero-order chi connectivity index (χ0) is 26.3. The molecule has 1 saturated carbocycles. The largest absolute Gasteiger partial charge is 0.477 e. The molecule has 0 bridgehead atoms. The number of anilines is 1. The number of aliphatic imine (C=N–C) groups is 1. The second kappa shape index (κ2) is 11.4. The molecule has 1 atom stereocenters. The van der Waals surface area contributed by atoms with Gasteiger partial charge in [-0.25, -0.2) is 22.8 Å². The first-order valence-corrected chi connectivity index (χ1v) is 13.0. The van der Waals surface area contributed by atoms with E-state index in [1.807, 2.05) is 6.92 Å². The van der Waals surface area contributed by atoms with E-state index in [4.69, 9.17) is 4.74 Å². The number of rotatable bonds is 12. The highest BCUT2D eigenvalue weighted by Gasteiger charge is 2.41. The van der Waals surface area contributed by atoms with Crippen LogP contribution in [0.15, 0.2) is 53.7 Å². The molecule has 192 valence electrons. The van der Waals surface area contributed by atoms with Crippen molar-refractivity contribution in [3.8, 4) is 5.88 Å². The molecule has 1 amide bonds. The highest BCUT2D eigenvalue weighted by atomic mass is 32.2. The van der Waals surface area contributed by atoms with E-state index >= 15 is 4.39 Å². The summed E-state index contributed by atoms with van der Waals surface area (Å²) < 4.78 is 48.2. The van der Waals surface area contributed by atoms with Gasteiger partial charge < -0.3 is 10.1 Å². The fourth-order valence-corrected chi connectivity index (χ4v) is 4.57. The first-order valence-electron chi connectivity index (χ1n) is 11.4. The molecule has 10 nitrogen and oxygen atoms in total. The Bertz CT molecular complexity index is 1290. The molecule has 0 unspecified atom stereocenters. The van der Waals surface area contributed by atoms with Crippen LogP contribution in [0.1, 0.15) is 51.4 Å². The lowest BCUT2D eigenvalue weighted by Gasteiger charge is -2.23. The number of ether oxygens (including phenoxy) is 1. The maximum atomic E-state index is 15.9. The van der Waals surface area contributed by atoms with Gasteiger partial charge in [0.15, 0.2) is 0 Å². The molecule has 12 heteroatoms. The number of amides is 1. The standard InChI is InChI=1S/C24H29FN6O4S/c1-5-24(25,20-13-17(11-12-28-20)31-36(33,34)18-8-9-18)23(32)30-21(26-4)10-7-16(3)19-14-27-15-22(29-19)35-6-2/h7,10-15,18H,4-6,8-9H2,1-3H3,(H,28,31)(H,30,32)/b16-7+,21-10+/t24-/m0/s1. The molecule has 0 aromatic carbocycles. The van der Waals surface area contributed by atoms with Crippen LogP contribution in [-0.4, -0.2) is 47.9 Å². The summed E-state index contributed by atoms with van der Waals surface area (Å²) in [5.74, 6) is -0.627. The molecule has 1 fully saturated rings. The van der Waals surface area contributed by atoms with E-state index < -0.39 is 26.8 Å². The topological polar surface area (TPSA) is 136 Å². The molecular weight excluding hydrogens is 487 g/mol. The summed E-state index contributed by atoms with van der Waals surface area (Å²) in [7, 11) is -3.55. The van der Waals surface area contributed by atoms with Gasteiger partial charge in [-0.05, 0) is 63.6 Å². The van der Waals surface area contributed by atoms with Crippen molar-refractivity contribution in [1.29, 1.82) is 0 Å². The molecule has 0 radical (unpaired) electrons. The summed E-state index contributed by atoms with van der Waals surface area (Å²) in [6, 6.07) is 2.63. The third-order valence-electron chi connectivity index (χ3n) is 5.45. The number of alkyl halides is 1. The van der Waals surface area contributed by atoms with Gasteiger partial charge in [0.2, 0.25) is 21.6 Å². The monoisotopic (exact) mass is 516 g/mol. The van der Waals surface area contributed by atoms with Gasteiger partial charge in [0.25, 0.3) is 5.91 Å². The Morgan fingerprint density at radius 3 is 2.72 bits per heavy atom. The zero-order valence-corrected chi connectivity index (χ0v) is 21.2. The number of carbonyl (C=O) groups is 1. The molecule has 2 aromatic heterocycles. The summed E-state index contributed by atoms with van der Waals surface area (Å²) in [6.07, 6.45) is 8.31. The number of sulfonamides is 1. The molecule has 0 spiro atoms. The third-order valence-corrected chi connectivity index (χ3v) is 7.32. The number of hydrogen-bond donors (Lipinski definition) is 2. The predicted octanol–water partition coefficient (Wildman–Crippen LogP) is 3.51. The van der Waals surface area contributed by atoms with E-state index in [2.05, 4.69) is 36.7 Å². The Kier molecular flexibility index (Phi) is 8.51. The summed E-state index contributed by atoms with van der Waals surface area (Å²) in [5, 5.41) is 1.98. The zero-order valence-electron chi connectivity index (χ0n) is 20.4. The average Bonchev–Trinajstić information content (AvgIpc) is 3.72. The third kappa shape index (κ3) is 6.51. The van der Waals surface area contributed by atoms with Crippen molar-refractivity contribution < 1.29 is 22.3 Å². The molecule has 2 N–H and O–H groups in total. The fraction of sp³-hybridized carbons (Fsp3) is 0.375. The first-order chi connectivity index (χ1) is 17.1. The van der Waals surface area contributed by atoms with Crippen molar-refractivity contribution in [2.75, 3.05) is 11.3 Å². The molecule has 2 heterocycles. The quantitative estimate of drug-likeness (QED) is 0.325. The van der Waals surface area contributed by atoms with Gasteiger partial charge in [0.1, 0.15) is 5.82 Å². The molecule has 2 aromatic rings. The van der Waals surface area contributed by atoms with Crippen molar-refractivity contribution in [2.45, 2.75) is 51.0 Å². The van der Waals surface area contributed by atoms with E-state index in [1.165, 1.54) is 37.5 Å². The summed E-state index contributed by atoms with van der Waals surface area (Å²) in [4.78, 5) is 29.1. The highest BCUT2D eigenvalue weighted by Crippen LogP contribution is 2.33. The van der Waals surface area contributed by atoms with Gasteiger partial charge in [-0.15, -0.1) is 0 Å². The van der Waals surface area contributed by atoms with Crippen LogP contribution in [-0.2, 0) is 20.5 Å². The first kappa shape index (κ1) is 26.9. The van der Waals surface area contributed by atoms with Crippen molar-refractivity contribution >= 4 is 33.9 Å². The normalized spacial score (nSPS) is 16.1. The lowest BCUT2D eigenvalue weighted by Crippen LogP contribution is -2.40. The number of hydrogen-bond acceptors (Lipinski definition) is 8. The van der Waals surface area contributed by atoms with E-state index in [1.54, 1.807) is 19.2 Å². The lowest BCUT2D eigenvalue weighted by atomic mass is 9.96. The van der Waals surface area contributed by atoms with Crippen LogP contribution in [0, 0.1) is 0 Å². The van der Waals surface area contributed by atoms with Gasteiger partial charge in [-0.3, -0.25) is 19.5 Å². The second-order valence-corrected chi connectivity index (χ2v) is 10.1. The summed E-state index contributed by atoms with van der Waals surface area (Å²) in [5.41, 5.74) is -1.38. The van der Waals surface area contributed by atoms with Gasteiger partial charge in [-0.2, -0.15) is 0 Å². The van der Waals surface area contributed by atoms with E-state index in [0.29, 0.717) is 36.6 Å². The van der Waals surface area contributed by atoms with Gasteiger partial charge in [0.05, 0.1) is 41.3 Å². The van der Waals surface area contributed by atoms with Crippen LogP contribution in [0.5, 0.6) is 5.88 Å². The Morgan fingerprint density at radius 2 is 2.08 bits per heavy atom. The van der Waals surface area contributed by atoms with Crippen molar-refractivity contribution in [3.63, 3.8) is 0 Å². The lowest BCUT2D eigenvalue weighted by molar-refractivity contribution is -0.133. The minimum atomic E-state index is -3.55. The average molecular weight is 517 g/mol. The maximum absolute atomic E-state index is 15.9. The Labute approximate surface area is 209 Å². The smallest absolute Gasteiger partial charge is 0.269 e. The fourth-order valence-electron chi connectivity index (χ4n) is 3.19. The van der Waals surface area contributed by atoms with Crippen LogP contribution in [0.25, 0.3) is 5.57 Å². The van der Waals surface area contributed by atoms with Crippen LogP contribution in [0.3, 0.4) is 0 Å². The number of nitrogens with one attached hydrogen (secondary N) is 2. The van der Waals surface area contributed by atoms with Crippen LogP contribution < -0.4 is 14.8 Å². The number of nitrogens with zero attached hydrogens (tertiary/aromatic N) is 4. The van der Waals surface area contributed by atoms with Gasteiger partial charge in [-0.1, -0.05) is 13.0 Å². The number of carbonyl (C=O) groups excluding carboxylic acids is 1. The predicted molar refractivity (Wildman–Crippen MR) is 136 cm³/mol. The van der Waals surface area contributed by atoms with Crippen molar-refractivity contribution in [2.24, 2.45) is 4.99 Å². The Morgan fingerprint density at radius 1 is 1.33 bits per heavy atom. The minimum absolute atomic E-state index is 0.00865. The van der Waals surface area contributed by atoms with Crippen LogP contribution in [0.2, 0.25) is 0 Å². The molecule has 1 aliphatic carbocycles. The Balaban J connectivity index is 1.79. The van der Waals surface area contributed by atoms with Crippen molar-refractivity contribution in [1.82, 2.24) is 20.3 Å². The second-order valence-electron chi connectivity index (χ2n) is 8.12. The molecular formula is C24H29FN6O4S. The van der Waals surface area contributed by atoms with E-state index in [0.717, 1.165) is 0 Å². The number of aromatic nitrogens is 3.